The molecule has 1 aliphatic rings. The topological polar surface area (TPSA) is 63.9 Å². The quantitative estimate of drug-likeness (QED) is 0.786. The maximum Gasteiger partial charge on any atom is 0.257 e. The molecule has 0 atom stereocenters. The van der Waals surface area contributed by atoms with Crippen LogP contribution in [0.25, 0.3) is 0 Å². The zero-order valence-electron chi connectivity index (χ0n) is 15.1. The van der Waals surface area contributed by atoms with Gasteiger partial charge in [-0.2, -0.15) is 0 Å². The Morgan fingerprint density at radius 1 is 1.19 bits per heavy atom. The molecule has 6 nitrogen and oxygen atoms in total. The van der Waals surface area contributed by atoms with Gasteiger partial charge in [-0.1, -0.05) is 0 Å². The molecular weight excluding hydrogens is 332 g/mol. The van der Waals surface area contributed by atoms with Gasteiger partial charge in [-0.15, -0.1) is 0 Å². The minimum Gasteiger partial charge on any atom is -0.497 e. The fourth-order valence-corrected chi connectivity index (χ4v) is 3.10. The number of nitrogens with one attached hydrogen (secondary N) is 1. The SMILES string of the molecule is COc1ccc(OCC(=O)NCC2CCN(Cc3ccco3)CC2)cc1. The summed E-state index contributed by atoms with van der Waals surface area (Å²) < 4.78 is 16.0. The zero-order valence-corrected chi connectivity index (χ0v) is 15.1. The van der Waals surface area contributed by atoms with Crippen molar-refractivity contribution in [3.8, 4) is 11.5 Å². The molecule has 0 aliphatic carbocycles. The molecule has 140 valence electrons. The van der Waals surface area contributed by atoms with Crippen LogP contribution in [0.1, 0.15) is 18.6 Å². The van der Waals surface area contributed by atoms with Crippen molar-refractivity contribution in [2.45, 2.75) is 19.4 Å². The molecule has 2 aromatic rings. The molecule has 1 aromatic heterocycles. The maximum atomic E-state index is 12.0. The molecule has 1 amide bonds. The van der Waals surface area contributed by atoms with Crippen molar-refractivity contribution >= 4 is 5.91 Å². The van der Waals surface area contributed by atoms with Gasteiger partial charge < -0.3 is 19.2 Å². The Morgan fingerprint density at radius 3 is 2.58 bits per heavy atom. The summed E-state index contributed by atoms with van der Waals surface area (Å²) in [5, 5.41) is 2.98. The Kier molecular flexibility index (Phi) is 6.55. The van der Waals surface area contributed by atoms with Crippen molar-refractivity contribution in [1.82, 2.24) is 10.2 Å². The normalized spacial score (nSPS) is 15.6. The second-order valence-corrected chi connectivity index (χ2v) is 6.57. The lowest BCUT2D eigenvalue weighted by Crippen LogP contribution is -2.39. The van der Waals surface area contributed by atoms with Gasteiger partial charge in [0, 0.05) is 6.54 Å². The van der Waals surface area contributed by atoms with Crippen LogP contribution in [-0.4, -0.2) is 44.2 Å². The number of methoxy groups -OCH3 is 1. The van der Waals surface area contributed by atoms with E-state index in [1.54, 1.807) is 25.5 Å². The van der Waals surface area contributed by atoms with E-state index in [0.717, 1.165) is 44.0 Å². The number of carbonyl (C=O) groups is 1. The van der Waals surface area contributed by atoms with Crippen molar-refractivity contribution in [2.75, 3.05) is 33.4 Å². The van der Waals surface area contributed by atoms with E-state index in [1.807, 2.05) is 24.3 Å². The van der Waals surface area contributed by atoms with Crippen molar-refractivity contribution in [1.29, 1.82) is 0 Å². The van der Waals surface area contributed by atoms with Gasteiger partial charge in [0.1, 0.15) is 17.3 Å². The minimum atomic E-state index is -0.0844. The smallest absolute Gasteiger partial charge is 0.257 e. The third-order valence-electron chi connectivity index (χ3n) is 4.68. The highest BCUT2D eigenvalue weighted by atomic mass is 16.5. The van der Waals surface area contributed by atoms with Crippen molar-refractivity contribution in [3.63, 3.8) is 0 Å². The molecule has 3 rings (SSSR count). The Hall–Kier alpha value is -2.47. The van der Waals surface area contributed by atoms with Crippen LogP contribution in [0.5, 0.6) is 11.5 Å². The number of furan rings is 1. The highest BCUT2D eigenvalue weighted by molar-refractivity contribution is 5.77. The van der Waals surface area contributed by atoms with Gasteiger partial charge in [0.15, 0.2) is 6.61 Å². The molecule has 6 heteroatoms. The first-order valence-corrected chi connectivity index (χ1v) is 9.01. The molecule has 1 aliphatic heterocycles. The molecule has 0 bridgehead atoms. The van der Waals surface area contributed by atoms with Crippen molar-refractivity contribution in [3.05, 3.63) is 48.4 Å². The molecule has 1 aromatic carbocycles. The number of benzene rings is 1. The highest BCUT2D eigenvalue weighted by Gasteiger charge is 2.20. The van der Waals surface area contributed by atoms with Gasteiger partial charge in [-0.05, 0) is 68.2 Å². The Balaban J connectivity index is 1.31. The fourth-order valence-electron chi connectivity index (χ4n) is 3.10. The predicted octanol–water partition coefficient (Wildman–Crippen LogP) is 2.70. The molecule has 1 N–H and O–H groups in total. The largest absolute Gasteiger partial charge is 0.497 e. The third kappa shape index (κ3) is 5.52. The van der Waals surface area contributed by atoms with Crippen LogP contribution in [0.3, 0.4) is 0 Å². The van der Waals surface area contributed by atoms with Crippen LogP contribution < -0.4 is 14.8 Å². The molecule has 26 heavy (non-hydrogen) atoms. The summed E-state index contributed by atoms with van der Waals surface area (Å²) in [6.45, 7) is 3.66. The molecule has 0 saturated carbocycles. The van der Waals surface area contributed by atoms with E-state index in [2.05, 4.69) is 10.2 Å². The lowest BCUT2D eigenvalue weighted by atomic mass is 9.96. The summed E-state index contributed by atoms with van der Waals surface area (Å²) >= 11 is 0. The molecule has 2 heterocycles. The third-order valence-corrected chi connectivity index (χ3v) is 4.68. The number of piperidine rings is 1. The summed E-state index contributed by atoms with van der Waals surface area (Å²) in [6.07, 6.45) is 3.88. The van der Waals surface area contributed by atoms with Gasteiger partial charge in [0.25, 0.3) is 5.91 Å². The molecule has 0 spiro atoms. The Morgan fingerprint density at radius 2 is 1.92 bits per heavy atom. The molecule has 1 saturated heterocycles. The fraction of sp³-hybridized carbons (Fsp3) is 0.450. The van der Waals surface area contributed by atoms with E-state index in [9.17, 15) is 4.79 Å². The van der Waals surface area contributed by atoms with Crippen LogP contribution in [0.2, 0.25) is 0 Å². The van der Waals surface area contributed by atoms with Crippen molar-refractivity contribution < 1.29 is 18.7 Å². The van der Waals surface area contributed by atoms with Gasteiger partial charge >= 0.3 is 0 Å². The Bertz CT molecular complexity index is 662. The summed E-state index contributed by atoms with van der Waals surface area (Å²) in [5.74, 6) is 2.87. The monoisotopic (exact) mass is 358 g/mol. The first kappa shape index (κ1) is 18.3. The zero-order chi connectivity index (χ0) is 18.2. The van der Waals surface area contributed by atoms with Gasteiger partial charge in [0.05, 0.1) is 19.9 Å². The van der Waals surface area contributed by atoms with E-state index in [4.69, 9.17) is 13.9 Å². The Labute approximate surface area is 154 Å². The number of amides is 1. The summed E-state index contributed by atoms with van der Waals surface area (Å²) in [4.78, 5) is 14.4. The van der Waals surface area contributed by atoms with Crippen LogP contribution in [0.15, 0.2) is 47.1 Å². The summed E-state index contributed by atoms with van der Waals surface area (Å²) in [7, 11) is 1.62. The summed E-state index contributed by atoms with van der Waals surface area (Å²) in [5.41, 5.74) is 0. The number of rotatable bonds is 8. The van der Waals surface area contributed by atoms with Crippen LogP contribution in [0, 0.1) is 5.92 Å². The molecule has 0 unspecified atom stereocenters. The molecular formula is C20H26N2O4. The number of hydrogen-bond donors (Lipinski definition) is 1. The minimum absolute atomic E-state index is 0.0314. The van der Waals surface area contributed by atoms with Gasteiger partial charge in [-0.3, -0.25) is 9.69 Å². The summed E-state index contributed by atoms with van der Waals surface area (Å²) in [6, 6.07) is 11.1. The molecule has 1 fully saturated rings. The first-order valence-electron chi connectivity index (χ1n) is 9.01. The second-order valence-electron chi connectivity index (χ2n) is 6.57. The second kappa shape index (κ2) is 9.29. The average Bonchev–Trinajstić information content (AvgIpc) is 3.19. The molecule has 0 radical (unpaired) electrons. The van der Waals surface area contributed by atoms with Crippen molar-refractivity contribution in [2.24, 2.45) is 5.92 Å². The van der Waals surface area contributed by atoms with Crippen LogP contribution in [0.4, 0.5) is 0 Å². The van der Waals surface area contributed by atoms with E-state index >= 15 is 0 Å². The lowest BCUT2D eigenvalue weighted by Gasteiger charge is -2.31. The van der Waals surface area contributed by atoms with Gasteiger partial charge in [0.2, 0.25) is 0 Å². The number of likely N-dealkylation sites (tertiary alicyclic amines) is 1. The van der Waals surface area contributed by atoms with Crippen LogP contribution in [-0.2, 0) is 11.3 Å². The van der Waals surface area contributed by atoms with Gasteiger partial charge in [-0.25, -0.2) is 0 Å². The average molecular weight is 358 g/mol. The maximum absolute atomic E-state index is 12.0. The van der Waals surface area contributed by atoms with E-state index in [-0.39, 0.29) is 12.5 Å². The highest BCUT2D eigenvalue weighted by Crippen LogP contribution is 2.19. The number of nitrogens with zero attached hydrogens (tertiary/aromatic N) is 1. The predicted molar refractivity (Wildman–Crippen MR) is 98.2 cm³/mol. The first-order chi connectivity index (χ1) is 12.7. The number of hydrogen-bond acceptors (Lipinski definition) is 5. The van der Waals surface area contributed by atoms with E-state index in [1.165, 1.54) is 0 Å². The number of ether oxygens (including phenoxy) is 2. The van der Waals surface area contributed by atoms with Crippen LogP contribution >= 0.6 is 0 Å². The number of carbonyl (C=O) groups excluding carboxylic acids is 1. The van der Waals surface area contributed by atoms with E-state index in [0.29, 0.717) is 18.2 Å². The van der Waals surface area contributed by atoms with E-state index < -0.39 is 0 Å². The lowest BCUT2D eigenvalue weighted by molar-refractivity contribution is -0.123. The standard InChI is InChI=1S/C20H26N2O4/c1-24-17-4-6-18(7-5-17)26-15-20(23)21-13-16-8-10-22(11-9-16)14-19-3-2-12-25-19/h2-7,12,16H,8-11,13-15H2,1H3,(H,21,23).